The summed E-state index contributed by atoms with van der Waals surface area (Å²) in [5.41, 5.74) is 0.655. The van der Waals surface area contributed by atoms with Crippen molar-refractivity contribution < 1.29 is 14.7 Å². The van der Waals surface area contributed by atoms with E-state index < -0.39 is 6.03 Å². The van der Waals surface area contributed by atoms with Crippen LogP contribution in [0.15, 0.2) is 30.3 Å². The summed E-state index contributed by atoms with van der Waals surface area (Å²) in [6.07, 6.45) is 0.637. The highest BCUT2D eigenvalue weighted by molar-refractivity contribution is 5.92. The standard InChI is InChI=1S/C13H19N3O3/c1-2-10(9-17)15-12(18)8-14-13(19)16-11-6-4-3-5-7-11/h3-7,10,17H,2,8-9H2,1H3,(H,15,18)(H2,14,16,19). The molecule has 0 heterocycles. The average molecular weight is 265 g/mol. The summed E-state index contributed by atoms with van der Waals surface area (Å²) in [5.74, 6) is -0.330. The minimum absolute atomic E-state index is 0.113. The number of carbonyl (C=O) groups is 2. The normalized spacial score (nSPS) is 11.5. The van der Waals surface area contributed by atoms with E-state index >= 15 is 0 Å². The van der Waals surface area contributed by atoms with Crippen LogP contribution in [0.5, 0.6) is 0 Å². The van der Waals surface area contributed by atoms with Gasteiger partial charge in [-0.15, -0.1) is 0 Å². The van der Waals surface area contributed by atoms with Gasteiger partial charge in [0.15, 0.2) is 0 Å². The molecule has 0 aliphatic carbocycles. The molecule has 0 saturated carbocycles. The lowest BCUT2D eigenvalue weighted by atomic mass is 10.2. The van der Waals surface area contributed by atoms with Gasteiger partial charge in [0.25, 0.3) is 0 Å². The predicted octanol–water partition coefficient (Wildman–Crippen LogP) is 0.695. The number of aliphatic hydroxyl groups excluding tert-OH is 1. The molecule has 1 aromatic rings. The quantitative estimate of drug-likeness (QED) is 0.610. The van der Waals surface area contributed by atoms with Crippen LogP contribution in [-0.2, 0) is 4.79 Å². The van der Waals surface area contributed by atoms with Crippen LogP contribution in [0.4, 0.5) is 10.5 Å². The fourth-order valence-electron chi connectivity index (χ4n) is 1.41. The van der Waals surface area contributed by atoms with Crippen molar-refractivity contribution in [2.45, 2.75) is 19.4 Å². The predicted molar refractivity (Wildman–Crippen MR) is 72.8 cm³/mol. The summed E-state index contributed by atoms with van der Waals surface area (Å²) < 4.78 is 0. The number of hydrogen-bond donors (Lipinski definition) is 4. The molecule has 0 spiro atoms. The molecule has 6 nitrogen and oxygen atoms in total. The maximum atomic E-state index is 11.5. The first kappa shape index (κ1) is 15.0. The second-order valence-electron chi connectivity index (χ2n) is 4.03. The lowest BCUT2D eigenvalue weighted by Gasteiger charge is -2.14. The fraction of sp³-hybridized carbons (Fsp3) is 0.385. The van der Waals surface area contributed by atoms with Gasteiger partial charge in [0.05, 0.1) is 19.2 Å². The lowest BCUT2D eigenvalue weighted by molar-refractivity contribution is -0.121. The zero-order chi connectivity index (χ0) is 14.1. The number of hydrogen-bond acceptors (Lipinski definition) is 3. The van der Waals surface area contributed by atoms with E-state index in [1.54, 1.807) is 24.3 Å². The maximum absolute atomic E-state index is 11.5. The van der Waals surface area contributed by atoms with Crippen LogP contribution in [0.25, 0.3) is 0 Å². The molecule has 3 amide bonds. The molecular weight excluding hydrogens is 246 g/mol. The van der Waals surface area contributed by atoms with Gasteiger partial charge in [0, 0.05) is 5.69 Å². The van der Waals surface area contributed by atoms with E-state index in [0.29, 0.717) is 12.1 Å². The molecule has 0 fully saturated rings. The van der Waals surface area contributed by atoms with E-state index in [1.165, 1.54) is 0 Å². The Balaban J connectivity index is 2.28. The Bertz CT molecular complexity index is 405. The van der Waals surface area contributed by atoms with Crippen molar-refractivity contribution in [2.24, 2.45) is 0 Å². The van der Waals surface area contributed by atoms with Gasteiger partial charge in [-0.1, -0.05) is 25.1 Å². The number of carbonyl (C=O) groups excluding carboxylic acids is 2. The second kappa shape index (κ2) is 8.10. The first-order chi connectivity index (χ1) is 9.15. The topological polar surface area (TPSA) is 90.5 Å². The van der Waals surface area contributed by atoms with Crippen LogP contribution in [0.3, 0.4) is 0 Å². The summed E-state index contributed by atoms with van der Waals surface area (Å²) in [7, 11) is 0. The van der Waals surface area contributed by atoms with Crippen molar-refractivity contribution in [2.75, 3.05) is 18.5 Å². The van der Waals surface area contributed by atoms with Gasteiger partial charge in [0.2, 0.25) is 5.91 Å². The molecule has 104 valence electrons. The summed E-state index contributed by atoms with van der Waals surface area (Å²) in [6, 6.07) is 8.22. The smallest absolute Gasteiger partial charge is 0.319 e. The number of anilines is 1. The second-order valence-corrected chi connectivity index (χ2v) is 4.03. The van der Waals surface area contributed by atoms with Gasteiger partial charge in [-0.25, -0.2) is 4.79 Å². The van der Waals surface area contributed by atoms with Crippen molar-refractivity contribution in [3.63, 3.8) is 0 Å². The van der Waals surface area contributed by atoms with E-state index in [9.17, 15) is 9.59 Å². The molecule has 6 heteroatoms. The first-order valence-electron chi connectivity index (χ1n) is 6.15. The zero-order valence-electron chi connectivity index (χ0n) is 10.8. The molecule has 1 unspecified atom stereocenters. The molecular formula is C13H19N3O3. The largest absolute Gasteiger partial charge is 0.394 e. The lowest BCUT2D eigenvalue weighted by Crippen LogP contribution is -2.44. The Kier molecular flexibility index (Phi) is 6.38. The Morgan fingerprint density at radius 1 is 1.26 bits per heavy atom. The van der Waals surface area contributed by atoms with E-state index in [1.807, 2.05) is 13.0 Å². The van der Waals surface area contributed by atoms with Crippen LogP contribution >= 0.6 is 0 Å². The summed E-state index contributed by atoms with van der Waals surface area (Å²) >= 11 is 0. The van der Waals surface area contributed by atoms with Crippen molar-refractivity contribution in [1.82, 2.24) is 10.6 Å². The monoisotopic (exact) mass is 265 g/mol. The SMILES string of the molecule is CCC(CO)NC(=O)CNC(=O)Nc1ccccc1. The highest BCUT2D eigenvalue weighted by atomic mass is 16.3. The molecule has 1 aromatic carbocycles. The van der Waals surface area contributed by atoms with E-state index in [4.69, 9.17) is 5.11 Å². The van der Waals surface area contributed by atoms with Crippen LogP contribution in [-0.4, -0.2) is 36.2 Å². The minimum Gasteiger partial charge on any atom is -0.394 e. The van der Waals surface area contributed by atoms with E-state index in [-0.39, 0.29) is 25.1 Å². The number of nitrogens with one attached hydrogen (secondary N) is 3. The van der Waals surface area contributed by atoms with E-state index in [2.05, 4.69) is 16.0 Å². The van der Waals surface area contributed by atoms with Crippen molar-refractivity contribution in [1.29, 1.82) is 0 Å². The van der Waals surface area contributed by atoms with Crippen molar-refractivity contribution in [3.8, 4) is 0 Å². The molecule has 1 atom stereocenters. The van der Waals surface area contributed by atoms with Crippen LogP contribution in [0.1, 0.15) is 13.3 Å². The highest BCUT2D eigenvalue weighted by Crippen LogP contribution is 2.03. The maximum Gasteiger partial charge on any atom is 0.319 e. The summed E-state index contributed by atoms with van der Waals surface area (Å²) in [4.78, 5) is 23.0. The van der Waals surface area contributed by atoms with Gasteiger partial charge in [-0.05, 0) is 18.6 Å². The van der Waals surface area contributed by atoms with Crippen molar-refractivity contribution in [3.05, 3.63) is 30.3 Å². The fourth-order valence-corrected chi connectivity index (χ4v) is 1.41. The van der Waals surface area contributed by atoms with Gasteiger partial charge in [-0.2, -0.15) is 0 Å². The van der Waals surface area contributed by atoms with Gasteiger partial charge >= 0.3 is 6.03 Å². The Morgan fingerprint density at radius 3 is 2.53 bits per heavy atom. The minimum atomic E-state index is -0.446. The first-order valence-corrected chi connectivity index (χ1v) is 6.15. The number of aliphatic hydroxyl groups is 1. The number of rotatable bonds is 6. The Morgan fingerprint density at radius 2 is 1.95 bits per heavy atom. The molecule has 19 heavy (non-hydrogen) atoms. The van der Waals surface area contributed by atoms with Crippen molar-refractivity contribution >= 4 is 17.6 Å². The number of urea groups is 1. The molecule has 0 radical (unpaired) electrons. The number of amides is 3. The van der Waals surface area contributed by atoms with E-state index in [0.717, 1.165) is 0 Å². The van der Waals surface area contributed by atoms with Gasteiger partial charge in [-0.3, -0.25) is 4.79 Å². The van der Waals surface area contributed by atoms with Gasteiger partial charge in [0.1, 0.15) is 0 Å². The molecule has 0 aromatic heterocycles. The Labute approximate surface area is 112 Å². The molecule has 1 rings (SSSR count). The van der Waals surface area contributed by atoms with Gasteiger partial charge < -0.3 is 21.1 Å². The van der Waals surface area contributed by atoms with Crippen LogP contribution in [0, 0.1) is 0 Å². The number of para-hydroxylation sites is 1. The molecule has 0 aliphatic heterocycles. The molecule has 0 saturated heterocycles. The van der Waals surface area contributed by atoms with Crippen LogP contribution in [0.2, 0.25) is 0 Å². The Hall–Kier alpha value is -2.08. The summed E-state index contributed by atoms with van der Waals surface area (Å²) in [6.45, 7) is 1.62. The average Bonchev–Trinajstić information content (AvgIpc) is 2.43. The third-order valence-electron chi connectivity index (χ3n) is 2.52. The third kappa shape index (κ3) is 5.87. The molecule has 4 N–H and O–H groups in total. The summed E-state index contributed by atoms with van der Waals surface area (Å²) in [5, 5.41) is 16.6. The highest BCUT2D eigenvalue weighted by Gasteiger charge is 2.10. The molecule has 0 bridgehead atoms. The van der Waals surface area contributed by atoms with Crippen LogP contribution < -0.4 is 16.0 Å². The molecule has 0 aliphatic rings. The number of benzene rings is 1. The zero-order valence-corrected chi connectivity index (χ0v) is 10.8. The third-order valence-corrected chi connectivity index (χ3v) is 2.52.